The zero-order valence-corrected chi connectivity index (χ0v) is 10.5. The molecule has 0 unspecified atom stereocenters. The Morgan fingerprint density at radius 3 is 3.11 bits per heavy atom. The molecule has 0 fully saturated rings. The van der Waals surface area contributed by atoms with Crippen molar-refractivity contribution in [3.05, 3.63) is 41.7 Å². The lowest BCUT2D eigenvalue weighted by atomic mass is 10.1. The van der Waals surface area contributed by atoms with Gasteiger partial charge in [0.15, 0.2) is 0 Å². The average molecular weight is 245 g/mol. The minimum absolute atomic E-state index is 0.0973. The number of hydrogen-bond donors (Lipinski definition) is 2. The van der Waals surface area contributed by atoms with Crippen molar-refractivity contribution in [2.75, 3.05) is 19.6 Å². The van der Waals surface area contributed by atoms with Crippen LogP contribution in [-0.2, 0) is 11.2 Å². The Balaban J connectivity index is 1.67. The minimum atomic E-state index is 0.0973. The molecule has 0 radical (unpaired) electrons. The molecule has 96 valence electrons. The van der Waals surface area contributed by atoms with Gasteiger partial charge in [-0.1, -0.05) is 17.7 Å². The third-order valence-corrected chi connectivity index (χ3v) is 3.00. The summed E-state index contributed by atoms with van der Waals surface area (Å²) < 4.78 is 0. The first kappa shape index (κ1) is 12.8. The van der Waals surface area contributed by atoms with Crippen molar-refractivity contribution >= 4 is 5.91 Å². The first-order valence-corrected chi connectivity index (χ1v) is 6.40. The standard InChI is InChI=1S/C14H19N3O/c18-14(5-4-13-3-1-2-8-16-13)17-11-12-6-9-15-10-7-12/h1-3,6,8,15H,4-5,7,9-11H2,(H,17,18). The number of hydrogen-bond acceptors (Lipinski definition) is 3. The maximum Gasteiger partial charge on any atom is 0.220 e. The lowest BCUT2D eigenvalue weighted by Gasteiger charge is -2.14. The quantitative estimate of drug-likeness (QED) is 0.762. The van der Waals surface area contributed by atoms with Crippen LogP contribution in [0.15, 0.2) is 36.0 Å². The molecule has 4 nitrogen and oxygen atoms in total. The average Bonchev–Trinajstić information content (AvgIpc) is 2.45. The molecule has 4 heteroatoms. The molecule has 0 bridgehead atoms. The Hall–Kier alpha value is -1.68. The Morgan fingerprint density at radius 1 is 1.44 bits per heavy atom. The fraction of sp³-hybridized carbons (Fsp3) is 0.429. The third kappa shape index (κ3) is 4.30. The highest BCUT2D eigenvalue weighted by Gasteiger charge is 2.06. The van der Waals surface area contributed by atoms with Gasteiger partial charge in [0, 0.05) is 31.4 Å². The molecule has 0 aliphatic carbocycles. The van der Waals surface area contributed by atoms with E-state index in [1.54, 1.807) is 6.20 Å². The lowest BCUT2D eigenvalue weighted by molar-refractivity contribution is -0.120. The Kier molecular flexibility index (Phi) is 4.90. The van der Waals surface area contributed by atoms with Crippen molar-refractivity contribution in [3.63, 3.8) is 0 Å². The molecule has 2 rings (SSSR count). The van der Waals surface area contributed by atoms with E-state index in [9.17, 15) is 4.79 Å². The largest absolute Gasteiger partial charge is 0.352 e. The minimum Gasteiger partial charge on any atom is -0.352 e. The summed E-state index contributed by atoms with van der Waals surface area (Å²) in [6.45, 7) is 2.61. The van der Waals surface area contributed by atoms with Crippen LogP contribution < -0.4 is 10.6 Å². The van der Waals surface area contributed by atoms with Gasteiger partial charge in [-0.2, -0.15) is 0 Å². The van der Waals surface area contributed by atoms with Crippen molar-refractivity contribution in [1.82, 2.24) is 15.6 Å². The van der Waals surface area contributed by atoms with Gasteiger partial charge in [-0.3, -0.25) is 9.78 Å². The second-order valence-electron chi connectivity index (χ2n) is 4.41. The molecule has 1 aromatic heterocycles. The molecule has 18 heavy (non-hydrogen) atoms. The zero-order chi connectivity index (χ0) is 12.6. The SMILES string of the molecule is O=C(CCc1ccccn1)NCC1=CCNCC1. The van der Waals surface area contributed by atoms with Crippen molar-refractivity contribution in [2.24, 2.45) is 0 Å². The van der Waals surface area contributed by atoms with E-state index < -0.39 is 0 Å². The number of aryl methyl sites for hydroxylation is 1. The van der Waals surface area contributed by atoms with Crippen LogP contribution in [0.3, 0.4) is 0 Å². The van der Waals surface area contributed by atoms with Gasteiger partial charge < -0.3 is 10.6 Å². The fourth-order valence-electron chi connectivity index (χ4n) is 1.92. The van der Waals surface area contributed by atoms with E-state index in [0.29, 0.717) is 19.4 Å². The first-order chi connectivity index (χ1) is 8.84. The summed E-state index contributed by atoms with van der Waals surface area (Å²) in [4.78, 5) is 15.9. The van der Waals surface area contributed by atoms with Crippen LogP contribution in [0.1, 0.15) is 18.5 Å². The van der Waals surface area contributed by atoms with Crippen molar-refractivity contribution in [2.45, 2.75) is 19.3 Å². The molecule has 1 aromatic rings. The number of rotatable bonds is 5. The predicted octanol–water partition coefficient (Wildman–Crippen LogP) is 1.05. The normalized spacial score (nSPS) is 15.0. The summed E-state index contributed by atoms with van der Waals surface area (Å²) in [5.74, 6) is 0.0973. The lowest BCUT2D eigenvalue weighted by Crippen LogP contribution is -2.29. The molecular weight excluding hydrogens is 226 g/mol. The highest BCUT2D eigenvalue weighted by atomic mass is 16.1. The van der Waals surface area contributed by atoms with Crippen LogP contribution >= 0.6 is 0 Å². The first-order valence-electron chi connectivity index (χ1n) is 6.40. The molecule has 0 aromatic carbocycles. The van der Waals surface area contributed by atoms with E-state index in [0.717, 1.165) is 25.2 Å². The number of carbonyl (C=O) groups excluding carboxylic acids is 1. The summed E-state index contributed by atoms with van der Waals surface area (Å²) in [7, 11) is 0. The Bertz CT molecular complexity index is 414. The molecular formula is C14H19N3O. The zero-order valence-electron chi connectivity index (χ0n) is 10.5. The second-order valence-corrected chi connectivity index (χ2v) is 4.41. The summed E-state index contributed by atoms with van der Waals surface area (Å²) >= 11 is 0. The maximum atomic E-state index is 11.7. The highest BCUT2D eigenvalue weighted by molar-refractivity contribution is 5.76. The van der Waals surface area contributed by atoms with Crippen LogP contribution in [0.2, 0.25) is 0 Å². The molecule has 0 spiro atoms. The molecule has 0 atom stereocenters. The summed E-state index contributed by atoms with van der Waals surface area (Å²) in [6, 6.07) is 5.77. The molecule has 1 amide bonds. The Morgan fingerprint density at radius 2 is 2.39 bits per heavy atom. The molecule has 1 aliphatic heterocycles. The van der Waals surface area contributed by atoms with Gasteiger partial charge in [0.1, 0.15) is 0 Å². The van der Waals surface area contributed by atoms with Crippen molar-refractivity contribution < 1.29 is 4.79 Å². The smallest absolute Gasteiger partial charge is 0.220 e. The predicted molar refractivity (Wildman–Crippen MR) is 71.1 cm³/mol. The molecule has 2 N–H and O–H groups in total. The number of nitrogens with one attached hydrogen (secondary N) is 2. The summed E-state index contributed by atoms with van der Waals surface area (Å²) in [5, 5.41) is 6.21. The highest BCUT2D eigenvalue weighted by Crippen LogP contribution is 2.03. The molecule has 0 saturated heterocycles. The van der Waals surface area contributed by atoms with E-state index >= 15 is 0 Å². The Labute approximate surface area is 108 Å². The van der Waals surface area contributed by atoms with Gasteiger partial charge in [0.05, 0.1) is 0 Å². The number of carbonyl (C=O) groups is 1. The molecule has 2 heterocycles. The number of amides is 1. The number of pyridine rings is 1. The second kappa shape index (κ2) is 6.91. The van der Waals surface area contributed by atoms with Gasteiger partial charge in [-0.25, -0.2) is 0 Å². The molecule has 0 saturated carbocycles. The van der Waals surface area contributed by atoms with Crippen LogP contribution in [0.4, 0.5) is 0 Å². The van der Waals surface area contributed by atoms with Crippen LogP contribution in [0.5, 0.6) is 0 Å². The van der Waals surface area contributed by atoms with Gasteiger partial charge >= 0.3 is 0 Å². The third-order valence-electron chi connectivity index (χ3n) is 3.00. The van der Waals surface area contributed by atoms with Gasteiger partial charge in [0.25, 0.3) is 0 Å². The van der Waals surface area contributed by atoms with E-state index in [1.165, 1.54) is 5.57 Å². The van der Waals surface area contributed by atoms with E-state index in [-0.39, 0.29) is 5.91 Å². The van der Waals surface area contributed by atoms with Crippen LogP contribution in [0.25, 0.3) is 0 Å². The molecule has 1 aliphatic rings. The summed E-state index contributed by atoms with van der Waals surface area (Å²) in [6.07, 6.45) is 6.14. The van der Waals surface area contributed by atoms with Gasteiger partial charge in [-0.05, 0) is 31.5 Å². The van der Waals surface area contributed by atoms with E-state index in [4.69, 9.17) is 0 Å². The summed E-state index contributed by atoms with van der Waals surface area (Å²) in [5.41, 5.74) is 2.29. The topological polar surface area (TPSA) is 54.0 Å². The van der Waals surface area contributed by atoms with Crippen molar-refractivity contribution in [3.8, 4) is 0 Å². The van der Waals surface area contributed by atoms with Crippen LogP contribution in [-0.4, -0.2) is 30.5 Å². The van der Waals surface area contributed by atoms with Crippen molar-refractivity contribution in [1.29, 1.82) is 0 Å². The fourth-order valence-corrected chi connectivity index (χ4v) is 1.92. The number of nitrogens with zero attached hydrogens (tertiary/aromatic N) is 1. The van der Waals surface area contributed by atoms with Gasteiger partial charge in [0.2, 0.25) is 5.91 Å². The van der Waals surface area contributed by atoms with E-state index in [1.807, 2.05) is 18.2 Å². The monoisotopic (exact) mass is 245 g/mol. The maximum absolute atomic E-state index is 11.7. The van der Waals surface area contributed by atoms with E-state index in [2.05, 4.69) is 21.7 Å². The van der Waals surface area contributed by atoms with Gasteiger partial charge in [-0.15, -0.1) is 0 Å². The van der Waals surface area contributed by atoms with Crippen LogP contribution in [0, 0.1) is 0 Å². The number of aromatic nitrogens is 1.